The van der Waals surface area contributed by atoms with Crippen LogP contribution >= 0.6 is 0 Å². The molecule has 0 radical (unpaired) electrons. The van der Waals surface area contributed by atoms with Gasteiger partial charge in [0.15, 0.2) is 0 Å². The van der Waals surface area contributed by atoms with Gasteiger partial charge < -0.3 is 11.1 Å². The fourth-order valence-electron chi connectivity index (χ4n) is 0.415. The molecule has 0 aliphatic carbocycles. The number of nitrogens with two attached hydrogens (primary N) is 1. The molecule has 3 N–H and O–H groups in total. The second-order valence-electron chi connectivity index (χ2n) is 2.36. The van der Waals surface area contributed by atoms with Crippen LogP contribution in [0.25, 0.3) is 0 Å². The third kappa shape index (κ3) is 3.25. The van der Waals surface area contributed by atoms with Crippen molar-refractivity contribution in [2.24, 2.45) is 5.73 Å². The van der Waals surface area contributed by atoms with E-state index in [1.54, 1.807) is 0 Å². The van der Waals surface area contributed by atoms with Crippen LogP contribution < -0.4 is 11.1 Å². The SMILES string of the molecule is C=CC(=O)NC(C)C(C)N. The maximum atomic E-state index is 10.6. The molecular formula is C7H14N2O. The third-order valence-corrected chi connectivity index (χ3v) is 1.34. The lowest BCUT2D eigenvalue weighted by atomic mass is 10.2. The van der Waals surface area contributed by atoms with Crippen molar-refractivity contribution in [3.8, 4) is 0 Å². The maximum Gasteiger partial charge on any atom is 0.243 e. The van der Waals surface area contributed by atoms with E-state index in [4.69, 9.17) is 5.73 Å². The molecule has 0 aromatic rings. The van der Waals surface area contributed by atoms with Gasteiger partial charge in [0.25, 0.3) is 0 Å². The monoisotopic (exact) mass is 142 g/mol. The standard InChI is InChI=1S/C7H14N2O/c1-4-7(10)9-6(3)5(2)8/h4-6H,1,8H2,2-3H3,(H,9,10). The molecule has 2 unspecified atom stereocenters. The summed E-state index contributed by atoms with van der Waals surface area (Å²) in [5.41, 5.74) is 5.49. The van der Waals surface area contributed by atoms with Crippen LogP contribution in [-0.2, 0) is 4.79 Å². The molecule has 0 bridgehead atoms. The number of nitrogens with one attached hydrogen (secondary N) is 1. The van der Waals surface area contributed by atoms with Gasteiger partial charge in [-0.15, -0.1) is 0 Å². The van der Waals surface area contributed by atoms with Crippen molar-refractivity contribution in [3.63, 3.8) is 0 Å². The molecule has 0 aromatic carbocycles. The molecule has 0 heterocycles. The van der Waals surface area contributed by atoms with Gasteiger partial charge in [0.05, 0.1) is 0 Å². The Morgan fingerprint density at radius 2 is 2.20 bits per heavy atom. The smallest absolute Gasteiger partial charge is 0.243 e. The molecule has 0 saturated heterocycles. The largest absolute Gasteiger partial charge is 0.349 e. The van der Waals surface area contributed by atoms with Crippen LogP contribution in [0.3, 0.4) is 0 Å². The van der Waals surface area contributed by atoms with Crippen molar-refractivity contribution in [1.82, 2.24) is 5.32 Å². The molecule has 58 valence electrons. The molecule has 3 heteroatoms. The Kier molecular flexibility index (Phi) is 3.72. The zero-order valence-corrected chi connectivity index (χ0v) is 6.42. The van der Waals surface area contributed by atoms with Gasteiger partial charge in [-0.3, -0.25) is 4.79 Å². The summed E-state index contributed by atoms with van der Waals surface area (Å²) in [5.74, 6) is -0.176. The highest BCUT2D eigenvalue weighted by atomic mass is 16.1. The van der Waals surface area contributed by atoms with Gasteiger partial charge in [0.1, 0.15) is 0 Å². The van der Waals surface area contributed by atoms with Crippen molar-refractivity contribution in [3.05, 3.63) is 12.7 Å². The van der Waals surface area contributed by atoms with Crippen molar-refractivity contribution >= 4 is 5.91 Å². The first-order valence-electron chi connectivity index (χ1n) is 3.26. The molecule has 0 aliphatic rings. The third-order valence-electron chi connectivity index (χ3n) is 1.34. The highest BCUT2D eigenvalue weighted by Crippen LogP contribution is 1.86. The normalized spacial score (nSPS) is 15.5. The predicted octanol–water partition coefficient (Wildman–Crippen LogP) is 0.0243. The second kappa shape index (κ2) is 4.06. The summed E-state index contributed by atoms with van der Waals surface area (Å²) in [7, 11) is 0. The van der Waals surface area contributed by atoms with Crippen molar-refractivity contribution in [2.45, 2.75) is 25.9 Å². The first-order valence-corrected chi connectivity index (χ1v) is 3.26. The number of carbonyl (C=O) groups excluding carboxylic acids is 1. The highest BCUT2D eigenvalue weighted by Gasteiger charge is 2.07. The Morgan fingerprint density at radius 1 is 1.70 bits per heavy atom. The Labute approximate surface area is 61.3 Å². The van der Waals surface area contributed by atoms with Gasteiger partial charge in [-0.25, -0.2) is 0 Å². The predicted molar refractivity (Wildman–Crippen MR) is 41.5 cm³/mol. The molecule has 0 saturated carbocycles. The van der Waals surface area contributed by atoms with E-state index in [0.717, 1.165) is 0 Å². The minimum absolute atomic E-state index is 0.00509. The zero-order valence-electron chi connectivity index (χ0n) is 6.42. The van der Waals surface area contributed by atoms with E-state index < -0.39 is 0 Å². The van der Waals surface area contributed by atoms with E-state index in [-0.39, 0.29) is 18.0 Å². The highest BCUT2D eigenvalue weighted by molar-refractivity contribution is 5.87. The number of hydrogen-bond acceptors (Lipinski definition) is 2. The fraction of sp³-hybridized carbons (Fsp3) is 0.571. The van der Waals surface area contributed by atoms with Crippen LogP contribution in [0.1, 0.15) is 13.8 Å². The topological polar surface area (TPSA) is 55.1 Å². The first-order chi connectivity index (χ1) is 4.57. The van der Waals surface area contributed by atoms with Crippen LogP contribution in [-0.4, -0.2) is 18.0 Å². The van der Waals surface area contributed by atoms with E-state index in [1.165, 1.54) is 6.08 Å². The summed E-state index contributed by atoms with van der Waals surface area (Å²) in [6, 6.07) is -0.0191. The lowest BCUT2D eigenvalue weighted by molar-refractivity contribution is -0.117. The van der Waals surface area contributed by atoms with Gasteiger partial charge in [0.2, 0.25) is 5.91 Å². The number of amides is 1. The zero-order chi connectivity index (χ0) is 8.15. The summed E-state index contributed by atoms with van der Waals surface area (Å²) in [6.45, 7) is 7.01. The molecule has 3 nitrogen and oxygen atoms in total. The van der Waals surface area contributed by atoms with Gasteiger partial charge in [-0.1, -0.05) is 6.58 Å². The Balaban J connectivity index is 3.67. The average Bonchev–Trinajstić information content (AvgIpc) is 1.87. The molecule has 0 rings (SSSR count). The Bertz CT molecular complexity index is 132. The van der Waals surface area contributed by atoms with Crippen LogP contribution in [0.5, 0.6) is 0 Å². The van der Waals surface area contributed by atoms with Gasteiger partial charge >= 0.3 is 0 Å². The molecule has 10 heavy (non-hydrogen) atoms. The van der Waals surface area contributed by atoms with Crippen LogP contribution in [0.4, 0.5) is 0 Å². The summed E-state index contributed by atoms with van der Waals surface area (Å²) < 4.78 is 0. The summed E-state index contributed by atoms with van der Waals surface area (Å²) in [6.07, 6.45) is 1.23. The fourth-order valence-corrected chi connectivity index (χ4v) is 0.415. The molecule has 0 fully saturated rings. The molecular weight excluding hydrogens is 128 g/mol. The van der Waals surface area contributed by atoms with Crippen molar-refractivity contribution in [2.75, 3.05) is 0 Å². The number of rotatable bonds is 3. The van der Waals surface area contributed by atoms with Crippen LogP contribution in [0.2, 0.25) is 0 Å². The van der Waals surface area contributed by atoms with Crippen molar-refractivity contribution in [1.29, 1.82) is 0 Å². The van der Waals surface area contributed by atoms with Crippen molar-refractivity contribution < 1.29 is 4.79 Å². The van der Waals surface area contributed by atoms with E-state index in [1.807, 2.05) is 13.8 Å². The molecule has 0 aliphatic heterocycles. The van der Waals surface area contributed by atoms with Gasteiger partial charge in [0, 0.05) is 12.1 Å². The van der Waals surface area contributed by atoms with E-state index in [2.05, 4.69) is 11.9 Å². The molecule has 0 aromatic heterocycles. The quantitative estimate of drug-likeness (QED) is 0.546. The summed E-state index contributed by atoms with van der Waals surface area (Å²) in [4.78, 5) is 10.6. The lowest BCUT2D eigenvalue weighted by Crippen LogP contribution is -2.43. The molecule has 0 spiro atoms. The van der Waals surface area contributed by atoms with E-state index in [0.29, 0.717) is 0 Å². The number of carbonyl (C=O) groups is 1. The minimum Gasteiger partial charge on any atom is -0.349 e. The van der Waals surface area contributed by atoms with Crippen LogP contribution in [0, 0.1) is 0 Å². The molecule has 2 atom stereocenters. The van der Waals surface area contributed by atoms with Crippen LogP contribution in [0.15, 0.2) is 12.7 Å². The first kappa shape index (κ1) is 9.17. The minimum atomic E-state index is -0.176. The maximum absolute atomic E-state index is 10.6. The summed E-state index contributed by atoms with van der Waals surface area (Å²) >= 11 is 0. The van der Waals surface area contributed by atoms with E-state index >= 15 is 0 Å². The Morgan fingerprint density at radius 3 is 2.50 bits per heavy atom. The Hall–Kier alpha value is -0.830. The molecule has 1 amide bonds. The van der Waals surface area contributed by atoms with Gasteiger partial charge in [-0.2, -0.15) is 0 Å². The second-order valence-corrected chi connectivity index (χ2v) is 2.36. The lowest BCUT2D eigenvalue weighted by Gasteiger charge is -2.15. The average molecular weight is 142 g/mol. The number of hydrogen-bond donors (Lipinski definition) is 2. The van der Waals surface area contributed by atoms with Gasteiger partial charge in [-0.05, 0) is 19.9 Å². The van der Waals surface area contributed by atoms with E-state index in [9.17, 15) is 4.79 Å². The summed E-state index contributed by atoms with van der Waals surface area (Å²) in [5, 5.41) is 2.65.